The molecule has 1 saturated heterocycles. The average molecular weight is 406 g/mol. The minimum Gasteiger partial charge on any atom is -0.458 e. The zero-order valence-corrected chi connectivity index (χ0v) is 17.3. The minimum absolute atomic E-state index is 0.123. The highest BCUT2D eigenvalue weighted by Crippen LogP contribution is 2.45. The number of ether oxygens (including phenoxy) is 3. The van der Waals surface area contributed by atoms with Crippen LogP contribution in [0.1, 0.15) is 27.2 Å². The quantitative estimate of drug-likeness (QED) is 0.316. The minimum atomic E-state index is -1.66. The van der Waals surface area contributed by atoms with E-state index in [0.717, 1.165) is 0 Å². The van der Waals surface area contributed by atoms with E-state index in [-0.39, 0.29) is 16.7 Å². The first-order chi connectivity index (χ1) is 13.5. The highest BCUT2D eigenvalue weighted by Gasteiger charge is 2.65. The molecular formula is C21H28NO7+. The third kappa shape index (κ3) is 3.20. The molecule has 0 radical (unpaired) electrons. The summed E-state index contributed by atoms with van der Waals surface area (Å²) in [5.41, 5.74) is -2.54. The van der Waals surface area contributed by atoms with Crippen LogP contribution in [0.3, 0.4) is 0 Å². The second-order valence-corrected chi connectivity index (χ2v) is 8.33. The molecule has 158 valence electrons. The molecule has 3 aliphatic rings. The number of aliphatic hydroxyl groups is 1. The molecule has 0 aliphatic carbocycles. The molecule has 0 bridgehead atoms. The Morgan fingerprint density at radius 1 is 1.45 bits per heavy atom. The third-order valence-corrected chi connectivity index (χ3v) is 6.49. The van der Waals surface area contributed by atoms with Gasteiger partial charge >= 0.3 is 17.9 Å². The number of rotatable bonds is 2. The summed E-state index contributed by atoms with van der Waals surface area (Å²) < 4.78 is 16.8. The molecule has 0 unspecified atom stereocenters. The van der Waals surface area contributed by atoms with E-state index in [2.05, 4.69) is 6.58 Å². The number of likely N-dealkylation sites (N-methyl/N-ethyl adjacent to an activating group) is 1. The van der Waals surface area contributed by atoms with Gasteiger partial charge < -0.3 is 19.3 Å². The first-order valence-electron chi connectivity index (χ1n) is 9.66. The Kier molecular flexibility index (Phi) is 5.21. The van der Waals surface area contributed by atoms with Gasteiger partial charge in [-0.3, -0.25) is 9.28 Å². The Morgan fingerprint density at radius 3 is 2.76 bits per heavy atom. The van der Waals surface area contributed by atoms with Gasteiger partial charge in [-0.1, -0.05) is 25.7 Å². The first-order valence-corrected chi connectivity index (χ1v) is 9.66. The number of hydrogen-bond acceptors (Lipinski definition) is 7. The van der Waals surface area contributed by atoms with Crippen LogP contribution in [0.25, 0.3) is 0 Å². The van der Waals surface area contributed by atoms with Gasteiger partial charge in [0.25, 0.3) is 5.72 Å². The fourth-order valence-corrected chi connectivity index (χ4v) is 4.42. The van der Waals surface area contributed by atoms with Crippen LogP contribution in [0.5, 0.6) is 0 Å². The Balaban J connectivity index is 2.08. The summed E-state index contributed by atoms with van der Waals surface area (Å²) in [6, 6.07) is 0. The predicted molar refractivity (Wildman–Crippen MR) is 102 cm³/mol. The van der Waals surface area contributed by atoms with Crippen molar-refractivity contribution in [2.45, 2.75) is 44.6 Å². The van der Waals surface area contributed by atoms with Gasteiger partial charge in [-0.15, -0.1) is 0 Å². The molecule has 1 fully saturated rings. The SMILES string of the molecule is C=C/C1=C/[C@H](C)[C@](C)(OC(C)=O)C(=O)OCC2=CC[N@@+]3(C)CC[C@@H](OC1=O)[C@@]23O. The fraction of sp³-hybridized carbons (Fsp3) is 0.571. The second-order valence-electron chi connectivity index (χ2n) is 8.33. The fourth-order valence-electron chi connectivity index (χ4n) is 4.42. The Bertz CT molecular complexity index is 831. The molecule has 3 heterocycles. The first kappa shape index (κ1) is 21.3. The summed E-state index contributed by atoms with van der Waals surface area (Å²) in [5.74, 6) is -2.75. The van der Waals surface area contributed by atoms with Crippen LogP contribution in [0.4, 0.5) is 0 Å². The number of carbonyl (C=O) groups is 3. The zero-order valence-electron chi connectivity index (χ0n) is 17.3. The number of hydrogen-bond donors (Lipinski definition) is 1. The van der Waals surface area contributed by atoms with Gasteiger partial charge in [0.05, 0.1) is 24.7 Å². The summed E-state index contributed by atoms with van der Waals surface area (Å²) in [6.07, 6.45) is 4.32. The average Bonchev–Trinajstić information content (AvgIpc) is 3.04. The molecule has 3 aliphatic heterocycles. The smallest absolute Gasteiger partial charge is 0.351 e. The molecule has 5 atom stereocenters. The van der Waals surface area contributed by atoms with Crippen molar-refractivity contribution in [2.75, 3.05) is 26.7 Å². The topological polar surface area (TPSA) is 99.1 Å². The van der Waals surface area contributed by atoms with Crippen molar-refractivity contribution >= 4 is 17.9 Å². The van der Waals surface area contributed by atoms with E-state index in [0.29, 0.717) is 25.1 Å². The molecule has 1 N–H and O–H groups in total. The van der Waals surface area contributed by atoms with Gasteiger partial charge in [0.2, 0.25) is 5.60 Å². The number of cyclic esters (lactones) is 1. The van der Waals surface area contributed by atoms with Gasteiger partial charge in [0.1, 0.15) is 13.2 Å². The lowest BCUT2D eigenvalue weighted by Crippen LogP contribution is -2.61. The molecule has 0 aromatic carbocycles. The summed E-state index contributed by atoms with van der Waals surface area (Å²) in [5, 5.41) is 11.5. The monoisotopic (exact) mass is 406 g/mol. The Morgan fingerprint density at radius 2 is 2.14 bits per heavy atom. The molecular weight excluding hydrogens is 378 g/mol. The molecule has 8 nitrogen and oxygen atoms in total. The number of esters is 3. The van der Waals surface area contributed by atoms with Crippen molar-refractivity contribution in [1.82, 2.24) is 0 Å². The van der Waals surface area contributed by atoms with Gasteiger partial charge in [0, 0.05) is 19.3 Å². The van der Waals surface area contributed by atoms with Crippen molar-refractivity contribution in [3.8, 4) is 0 Å². The lowest BCUT2D eigenvalue weighted by atomic mass is 9.88. The van der Waals surface area contributed by atoms with Gasteiger partial charge in [0.15, 0.2) is 6.10 Å². The molecule has 0 aromatic heterocycles. The van der Waals surface area contributed by atoms with Crippen molar-refractivity contribution < 1.29 is 38.2 Å². The predicted octanol–water partition coefficient (Wildman–Crippen LogP) is 1.00. The molecule has 0 amide bonds. The Labute approximate surface area is 170 Å². The molecule has 0 saturated carbocycles. The molecule has 8 heteroatoms. The van der Waals surface area contributed by atoms with Crippen LogP contribution in [-0.2, 0) is 28.6 Å². The molecule has 0 spiro atoms. The van der Waals surface area contributed by atoms with Crippen LogP contribution < -0.4 is 0 Å². The van der Waals surface area contributed by atoms with Crippen molar-refractivity contribution in [1.29, 1.82) is 0 Å². The van der Waals surface area contributed by atoms with E-state index in [1.54, 1.807) is 6.92 Å². The maximum absolute atomic E-state index is 12.9. The maximum Gasteiger partial charge on any atom is 0.351 e. The van der Waals surface area contributed by atoms with E-state index >= 15 is 0 Å². The largest absolute Gasteiger partial charge is 0.458 e. The van der Waals surface area contributed by atoms with E-state index in [4.69, 9.17) is 14.2 Å². The van der Waals surface area contributed by atoms with Crippen LogP contribution in [-0.4, -0.2) is 71.7 Å². The number of quaternary nitrogens is 1. The second kappa shape index (κ2) is 7.11. The van der Waals surface area contributed by atoms with E-state index in [9.17, 15) is 19.5 Å². The van der Waals surface area contributed by atoms with Gasteiger partial charge in [-0.25, -0.2) is 9.59 Å². The summed E-state index contributed by atoms with van der Waals surface area (Å²) in [6.45, 7) is 8.88. The van der Waals surface area contributed by atoms with Crippen molar-refractivity contribution in [3.05, 3.63) is 36.0 Å². The molecule has 29 heavy (non-hydrogen) atoms. The van der Waals surface area contributed by atoms with Gasteiger partial charge in [-0.05, 0) is 13.0 Å². The molecule has 0 aromatic rings. The number of carbonyl (C=O) groups excluding carboxylic acids is 3. The standard InChI is InChI=1S/C21H28NO7/c1-6-15-11-13(2)20(4,29-14(3)23)19(25)27-12-16-7-9-22(5)10-8-17(21(16,22)26)28-18(15)24/h6-7,11,13,17,26H,1,8-10,12H2,2-5H3/q+1/b15-11-/t13-,17+,20-,21-,22-/m0/s1. The third-order valence-electron chi connectivity index (χ3n) is 6.49. The van der Waals surface area contributed by atoms with E-state index in [1.165, 1.54) is 26.0 Å². The lowest BCUT2D eigenvalue weighted by Gasteiger charge is -2.40. The van der Waals surface area contributed by atoms with E-state index < -0.39 is 41.3 Å². The van der Waals surface area contributed by atoms with Crippen molar-refractivity contribution in [2.24, 2.45) is 5.92 Å². The highest BCUT2D eigenvalue weighted by molar-refractivity contribution is 5.92. The van der Waals surface area contributed by atoms with Gasteiger partial charge in [-0.2, -0.15) is 0 Å². The normalized spacial score (nSPS) is 41.6. The van der Waals surface area contributed by atoms with Crippen LogP contribution >= 0.6 is 0 Å². The Hall–Kier alpha value is -2.45. The highest BCUT2D eigenvalue weighted by atomic mass is 16.6. The van der Waals surface area contributed by atoms with Crippen LogP contribution in [0.15, 0.2) is 36.0 Å². The lowest BCUT2D eigenvalue weighted by molar-refractivity contribution is -0.955. The summed E-state index contributed by atoms with van der Waals surface area (Å²) >= 11 is 0. The van der Waals surface area contributed by atoms with Crippen molar-refractivity contribution in [3.63, 3.8) is 0 Å². The zero-order chi connectivity index (χ0) is 21.6. The van der Waals surface area contributed by atoms with Crippen LogP contribution in [0.2, 0.25) is 0 Å². The maximum atomic E-state index is 12.9. The summed E-state index contributed by atoms with van der Waals surface area (Å²) in [7, 11) is 1.88. The van der Waals surface area contributed by atoms with Crippen LogP contribution in [0, 0.1) is 5.92 Å². The molecule has 3 rings (SSSR count). The number of nitrogens with zero attached hydrogens (tertiary/aromatic N) is 1. The summed E-state index contributed by atoms with van der Waals surface area (Å²) in [4.78, 5) is 37.4. The van der Waals surface area contributed by atoms with E-state index in [1.807, 2.05) is 13.1 Å².